The maximum absolute atomic E-state index is 13.4. The lowest BCUT2D eigenvalue weighted by atomic mass is 10.1. The van der Waals surface area contributed by atoms with E-state index in [1.54, 1.807) is 30.3 Å². The molecule has 0 bridgehead atoms. The number of halogens is 2. The first-order chi connectivity index (χ1) is 20.7. The van der Waals surface area contributed by atoms with Crippen molar-refractivity contribution in [1.82, 2.24) is 14.9 Å². The molecule has 0 radical (unpaired) electrons. The minimum absolute atomic E-state index is 0.0550. The van der Waals surface area contributed by atoms with Gasteiger partial charge in [0.1, 0.15) is 5.75 Å². The normalized spacial score (nSPS) is 14.5. The molecular weight excluding hydrogens is 584 g/mol. The van der Waals surface area contributed by atoms with Crippen LogP contribution in [-0.2, 0) is 11.0 Å². The number of fused-ring (bicyclic) bond motifs is 1. The molecule has 3 N–H and O–H groups in total. The maximum atomic E-state index is 13.4. The minimum atomic E-state index is -2.87. The predicted molar refractivity (Wildman–Crippen MR) is 157 cm³/mol. The number of methoxy groups -OCH3 is 2. The van der Waals surface area contributed by atoms with E-state index < -0.39 is 35.9 Å². The lowest BCUT2D eigenvalue weighted by Gasteiger charge is -2.38. The number of hydrogen-bond donors (Lipinski definition) is 3. The van der Waals surface area contributed by atoms with Gasteiger partial charge in [0, 0.05) is 30.7 Å². The number of anilines is 3. The molecule has 1 atom stereocenters. The Hall–Kier alpha value is -4.56. The molecule has 1 aromatic heterocycles. The van der Waals surface area contributed by atoms with Gasteiger partial charge in [-0.15, -0.1) is 0 Å². The van der Waals surface area contributed by atoms with Crippen LogP contribution >= 0.6 is 0 Å². The molecule has 0 aliphatic carbocycles. The van der Waals surface area contributed by atoms with Gasteiger partial charge in [-0.05, 0) is 36.4 Å². The van der Waals surface area contributed by atoms with E-state index >= 15 is 0 Å². The van der Waals surface area contributed by atoms with Gasteiger partial charge in [-0.3, -0.25) is 9.52 Å². The average Bonchev–Trinajstić information content (AvgIpc) is 3.00. The van der Waals surface area contributed by atoms with Gasteiger partial charge in [-0.2, -0.15) is 0 Å². The van der Waals surface area contributed by atoms with E-state index in [2.05, 4.69) is 15.0 Å². The lowest BCUT2D eigenvalue weighted by Crippen LogP contribution is -2.58. The third-order valence-corrected chi connectivity index (χ3v) is 7.57. The molecule has 1 amide bonds. The van der Waals surface area contributed by atoms with Crippen molar-refractivity contribution in [2.24, 2.45) is 0 Å². The number of alkyl halides is 2. The first-order valence-corrected chi connectivity index (χ1v) is 14.4. The summed E-state index contributed by atoms with van der Waals surface area (Å²) >= 11 is 0. The number of benzene rings is 3. The SMILES string of the molecule is COc1cc(Nc2nc3ccccc3nc2NS(=O)c2ccc(C(=O)N3CC(F)(F)C3)cc2)c(OCCCO)c(OC)c1. The smallest absolute Gasteiger partial charge is 0.282 e. The molecule has 0 spiro atoms. The number of ether oxygens (including phenoxy) is 3. The molecule has 1 aliphatic heterocycles. The summed E-state index contributed by atoms with van der Waals surface area (Å²) < 4.78 is 59.5. The Morgan fingerprint density at radius 1 is 1.02 bits per heavy atom. The van der Waals surface area contributed by atoms with Crippen molar-refractivity contribution in [3.63, 3.8) is 0 Å². The van der Waals surface area contributed by atoms with E-state index in [9.17, 15) is 22.9 Å². The highest BCUT2D eigenvalue weighted by Crippen LogP contribution is 2.42. The Labute approximate surface area is 248 Å². The molecule has 1 fully saturated rings. The summed E-state index contributed by atoms with van der Waals surface area (Å²) in [4.78, 5) is 23.2. The number of nitrogens with zero attached hydrogens (tertiary/aromatic N) is 3. The number of hydrogen-bond acceptors (Lipinski definition) is 9. The zero-order valence-corrected chi connectivity index (χ0v) is 24.1. The summed E-state index contributed by atoms with van der Waals surface area (Å²) in [5.41, 5.74) is 1.75. The number of carbonyl (C=O) groups excluding carboxylic acids is 1. The lowest BCUT2D eigenvalue weighted by molar-refractivity contribution is -0.113. The number of likely N-dealkylation sites (tertiary alicyclic amines) is 1. The van der Waals surface area contributed by atoms with Gasteiger partial charge in [-0.25, -0.2) is 23.0 Å². The van der Waals surface area contributed by atoms with Crippen LogP contribution < -0.4 is 24.2 Å². The van der Waals surface area contributed by atoms with E-state index in [4.69, 9.17) is 19.2 Å². The second-order valence-electron chi connectivity index (χ2n) is 9.58. The number of carbonyl (C=O) groups is 1. The first-order valence-electron chi connectivity index (χ1n) is 13.2. The molecule has 226 valence electrons. The van der Waals surface area contributed by atoms with Crippen LogP contribution in [-0.4, -0.2) is 76.5 Å². The van der Waals surface area contributed by atoms with Gasteiger partial charge in [-0.1, -0.05) is 12.1 Å². The van der Waals surface area contributed by atoms with Gasteiger partial charge < -0.3 is 29.5 Å². The number of aromatic nitrogens is 2. The minimum Gasteiger partial charge on any atom is -0.497 e. The number of aliphatic hydroxyl groups excluding tert-OH is 1. The van der Waals surface area contributed by atoms with Crippen LogP contribution in [0.1, 0.15) is 16.8 Å². The maximum Gasteiger partial charge on any atom is 0.282 e. The fourth-order valence-electron chi connectivity index (χ4n) is 4.32. The monoisotopic (exact) mass is 613 g/mol. The van der Waals surface area contributed by atoms with Crippen LogP contribution in [0.15, 0.2) is 65.6 Å². The van der Waals surface area contributed by atoms with E-state index in [1.165, 1.54) is 38.5 Å². The van der Waals surface area contributed by atoms with E-state index in [1.807, 2.05) is 6.07 Å². The third-order valence-electron chi connectivity index (χ3n) is 6.49. The molecule has 0 saturated carbocycles. The molecule has 2 heterocycles. The molecule has 43 heavy (non-hydrogen) atoms. The van der Waals surface area contributed by atoms with Crippen molar-refractivity contribution in [3.05, 3.63) is 66.2 Å². The number of para-hydroxylation sites is 2. The summed E-state index contributed by atoms with van der Waals surface area (Å²) in [6, 6.07) is 16.3. The molecule has 1 unspecified atom stereocenters. The fourth-order valence-corrected chi connectivity index (χ4v) is 5.14. The van der Waals surface area contributed by atoms with Crippen LogP contribution in [0.4, 0.5) is 26.1 Å². The van der Waals surface area contributed by atoms with Gasteiger partial charge in [0.15, 0.2) is 34.1 Å². The molecule has 1 aliphatic rings. The van der Waals surface area contributed by atoms with Crippen molar-refractivity contribution >= 4 is 45.2 Å². The Morgan fingerprint density at radius 2 is 1.70 bits per heavy atom. The largest absolute Gasteiger partial charge is 0.497 e. The predicted octanol–water partition coefficient (Wildman–Crippen LogP) is 4.38. The van der Waals surface area contributed by atoms with Gasteiger partial charge in [0.25, 0.3) is 11.8 Å². The number of nitrogens with one attached hydrogen (secondary N) is 2. The molecule has 3 aromatic carbocycles. The van der Waals surface area contributed by atoms with Crippen molar-refractivity contribution in [2.45, 2.75) is 17.2 Å². The molecule has 4 aromatic rings. The highest BCUT2D eigenvalue weighted by Gasteiger charge is 2.46. The average molecular weight is 614 g/mol. The zero-order chi connectivity index (χ0) is 30.6. The Kier molecular flexibility index (Phi) is 8.87. The molecule has 1 saturated heterocycles. The van der Waals surface area contributed by atoms with Crippen molar-refractivity contribution in [2.75, 3.05) is 50.6 Å². The third kappa shape index (κ3) is 6.75. The fraction of sp³-hybridized carbons (Fsp3) is 0.276. The van der Waals surface area contributed by atoms with Crippen molar-refractivity contribution < 1.29 is 37.1 Å². The van der Waals surface area contributed by atoms with E-state index in [0.29, 0.717) is 45.3 Å². The molecular formula is C29H29F2N5O6S. The first kappa shape index (κ1) is 29.9. The van der Waals surface area contributed by atoms with Crippen LogP contribution in [0.25, 0.3) is 11.0 Å². The highest BCUT2D eigenvalue weighted by atomic mass is 32.2. The Morgan fingerprint density at radius 3 is 2.30 bits per heavy atom. The molecule has 5 rings (SSSR count). The number of aliphatic hydroxyl groups is 1. The Balaban J connectivity index is 1.44. The van der Waals surface area contributed by atoms with Crippen molar-refractivity contribution in [3.8, 4) is 17.2 Å². The number of amides is 1. The second kappa shape index (κ2) is 12.8. The van der Waals surface area contributed by atoms with Crippen LogP contribution in [0.3, 0.4) is 0 Å². The molecule has 14 heteroatoms. The Bertz CT molecular complexity index is 1650. The standard InChI is InChI=1S/C29H29F2N5O6S/c1-40-19-14-23(25(24(15-19)41-2)42-13-5-12-37)34-26-27(33-22-7-4-3-6-21(22)32-26)35-43(39)20-10-8-18(9-11-20)28(38)36-16-29(30,31)17-36/h3-4,6-11,14-15,37H,5,12-13,16-17H2,1-2H3,(H,32,34)(H,33,35). The van der Waals surface area contributed by atoms with Gasteiger partial charge >= 0.3 is 0 Å². The van der Waals surface area contributed by atoms with E-state index in [0.717, 1.165) is 4.90 Å². The summed E-state index contributed by atoms with van der Waals surface area (Å²) in [7, 11) is 1.15. The second-order valence-corrected chi connectivity index (χ2v) is 10.8. The number of rotatable bonds is 12. The summed E-state index contributed by atoms with van der Waals surface area (Å²) in [5, 5.41) is 12.4. The summed E-state index contributed by atoms with van der Waals surface area (Å²) in [5.74, 6) is -1.81. The molecule has 11 nitrogen and oxygen atoms in total. The van der Waals surface area contributed by atoms with Crippen LogP contribution in [0.5, 0.6) is 17.2 Å². The van der Waals surface area contributed by atoms with E-state index in [-0.39, 0.29) is 30.4 Å². The van der Waals surface area contributed by atoms with Gasteiger partial charge in [0.05, 0.1) is 55.5 Å². The summed E-state index contributed by atoms with van der Waals surface area (Å²) in [6.07, 6.45) is 0.394. The van der Waals surface area contributed by atoms with Crippen molar-refractivity contribution in [1.29, 1.82) is 0 Å². The zero-order valence-electron chi connectivity index (χ0n) is 23.3. The topological polar surface area (TPSA) is 135 Å². The van der Waals surface area contributed by atoms with Crippen LogP contribution in [0.2, 0.25) is 0 Å². The van der Waals surface area contributed by atoms with Crippen LogP contribution in [0, 0.1) is 0 Å². The van der Waals surface area contributed by atoms with Gasteiger partial charge in [0.2, 0.25) is 0 Å². The highest BCUT2D eigenvalue weighted by molar-refractivity contribution is 7.86. The summed E-state index contributed by atoms with van der Waals surface area (Å²) in [6.45, 7) is -1.08. The quantitative estimate of drug-likeness (QED) is 0.199.